The summed E-state index contributed by atoms with van der Waals surface area (Å²) in [6.07, 6.45) is 1.60. The number of hydrogen-bond acceptors (Lipinski definition) is 3. The van der Waals surface area contributed by atoms with Crippen molar-refractivity contribution in [2.24, 2.45) is 0 Å². The van der Waals surface area contributed by atoms with E-state index in [9.17, 15) is 4.79 Å². The number of nitrogens with zero attached hydrogens (tertiary/aromatic N) is 1. The Balaban J connectivity index is 1.64. The minimum atomic E-state index is -0.211. The largest absolute Gasteiger partial charge is 0.464 e. The molecule has 0 radical (unpaired) electrons. The van der Waals surface area contributed by atoms with E-state index in [1.165, 1.54) is 0 Å². The molecule has 1 amide bonds. The number of carbonyl (C=O) groups is 1. The molecule has 2 aromatic carbocycles. The zero-order chi connectivity index (χ0) is 14.2. The van der Waals surface area contributed by atoms with Gasteiger partial charge < -0.3 is 9.40 Å². The molecule has 102 valence electrons. The molecule has 0 aliphatic rings. The minimum absolute atomic E-state index is 0.211. The molecule has 0 aliphatic carbocycles. The maximum atomic E-state index is 12.3. The lowest BCUT2D eigenvalue weighted by Crippen LogP contribution is -2.12. The van der Waals surface area contributed by atoms with Crippen LogP contribution in [0.5, 0.6) is 0 Å². The molecule has 2 N–H and O–H groups in total. The van der Waals surface area contributed by atoms with Crippen molar-refractivity contribution in [1.29, 1.82) is 0 Å². The Hall–Kier alpha value is -3.08. The highest BCUT2D eigenvalue weighted by atomic mass is 16.3. The zero-order valence-corrected chi connectivity index (χ0v) is 11.0. The number of H-pyrrole nitrogens is 1. The minimum Gasteiger partial charge on any atom is -0.464 e. The van der Waals surface area contributed by atoms with Crippen LogP contribution in [0.4, 0.5) is 5.95 Å². The normalized spacial score (nSPS) is 11.0. The Kier molecular flexibility index (Phi) is 2.50. The first-order chi connectivity index (χ1) is 10.3. The van der Waals surface area contributed by atoms with Crippen molar-refractivity contribution >= 4 is 33.9 Å². The Morgan fingerprint density at radius 2 is 2.05 bits per heavy atom. The Bertz CT molecular complexity index is 919. The molecule has 21 heavy (non-hydrogen) atoms. The fourth-order valence-corrected chi connectivity index (χ4v) is 2.30. The van der Waals surface area contributed by atoms with Gasteiger partial charge in [-0.3, -0.25) is 10.1 Å². The first-order valence-corrected chi connectivity index (χ1v) is 6.53. The van der Waals surface area contributed by atoms with E-state index in [-0.39, 0.29) is 5.91 Å². The van der Waals surface area contributed by atoms with E-state index in [1.807, 2.05) is 30.3 Å². The van der Waals surface area contributed by atoms with Crippen LogP contribution in [0, 0.1) is 0 Å². The highest BCUT2D eigenvalue weighted by molar-refractivity contribution is 6.05. The van der Waals surface area contributed by atoms with Crippen molar-refractivity contribution in [3.05, 3.63) is 60.4 Å². The first kappa shape index (κ1) is 11.7. The van der Waals surface area contributed by atoms with Gasteiger partial charge in [-0.2, -0.15) is 0 Å². The summed E-state index contributed by atoms with van der Waals surface area (Å²) < 4.78 is 5.26. The third-order valence-electron chi connectivity index (χ3n) is 3.34. The van der Waals surface area contributed by atoms with Gasteiger partial charge in [0.1, 0.15) is 5.58 Å². The molecule has 0 aliphatic heterocycles. The molecule has 0 atom stereocenters. The van der Waals surface area contributed by atoms with Gasteiger partial charge in [0.15, 0.2) is 0 Å². The maximum absolute atomic E-state index is 12.3. The summed E-state index contributed by atoms with van der Waals surface area (Å²) in [6, 6.07) is 14.7. The maximum Gasteiger partial charge on any atom is 0.257 e. The molecule has 2 heterocycles. The summed E-state index contributed by atoms with van der Waals surface area (Å²) in [4.78, 5) is 19.6. The van der Waals surface area contributed by atoms with E-state index in [1.54, 1.807) is 24.5 Å². The van der Waals surface area contributed by atoms with E-state index in [0.717, 1.165) is 22.0 Å². The van der Waals surface area contributed by atoms with Crippen LogP contribution in [0.25, 0.3) is 22.0 Å². The van der Waals surface area contributed by atoms with Gasteiger partial charge >= 0.3 is 0 Å². The summed E-state index contributed by atoms with van der Waals surface area (Å²) in [7, 11) is 0. The number of rotatable bonds is 2. The van der Waals surface area contributed by atoms with Crippen LogP contribution in [0.3, 0.4) is 0 Å². The fraction of sp³-hybridized carbons (Fsp3) is 0. The van der Waals surface area contributed by atoms with Crippen LogP contribution in [0.1, 0.15) is 10.4 Å². The SMILES string of the molecule is O=C(Nc1nc2ccccc2[nH]1)c1ccc2occc2c1. The molecule has 5 heteroatoms. The number of para-hydroxylation sites is 2. The number of carbonyl (C=O) groups excluding carboxylic acids is 1. The lowest BCUT2D eigenvalue weighted by molar-refractivity contribution is 0.102. The molecule has 0 saturated heterocycles. The Labute approximate surface area is 119 Å². The smallest absolute Gasteiger partial charge is 0.257 e. The van der Waals surface area contributed by atoms with E-state index in [2.05, 4.69) is 15.3 Å². The van der Waals surface area contributed by atoms with Crippen LogP contribution in [0.2, 0.25) is 0 Å². The third kappa shape index (κ3) is 2.04. The quantitative estimate of drug-likeness (QED) is 0.588. The Morgan fingerprint density at radius 3 is 2.95 bits per heavy atom. The molecule has 0 unspecified atom stereocenters. The number of hydrogen-bond donors (Lipinski definition) is 2. The molecule has 0 bridgehead atoms. The number of nitrogens with one attached hydrogen (secondary N) is 2. The first-order valence-electron chi connectivity index (χ1n) is 6.53. The summed E-state index contributed by atoms with van der Waals surface area (Å²) >= 11 is 0. The van der Waals surface area contributed by atoms with Crippen molar-refractivity contribution in [3.63, 3.8) is 0 Å². The summed E-state index contributed by atoms with van der Waals surface area (Å²) in [5.74, 6) is 0.227. The molecule has 2 aromatic heterocycles. The van der Waals surface area contributed by atoms with Crippen LogP contribution in [-0.4, -0.2) is 15.9 Å². The topological polar surface area (TPSA) is 70.9 Å². The molecular weight excluding hydrogens is 266 g/mol. The van der Waals surface area contributed by atoms with E-state index in [4.69, 9.17) is 4.42 Å². The lowest BCUT2D eigenvalue weighted by atomic mass is 10.1. The second kappa shape index (κ2) is 4.49. The summed E-state index contributed by atoms with van der Waals surface area (Å²) in [5, 5.41) is 3.66. The van der Waals surface area contributed by atoms with Crippen LogP contribution in [-0.2, 0) is 0 Å². The highest BCUT2D eigenvalue weighted by Crippen LogP contribution is 2.18. The van der Waals surface area contributed by atoms with Gasteiger partial charge in [0, 0.05) is 10.9 Å². The third-order valence-corrected chi connectivity index (χ3v) is 3.34. The van der Waals surface area contributed by atoms with Crippen LogP contribution < -0.4 is 5.32 Å². The zero-order valence-electron chi connectivity index (χ0n) is 11.0. The van der Waals surface area contributed by atoms with Crippen molar-refractivity contribution in [2.75, 3.05) is 5.32 Å². The molecule has 4 rings (SSSR count). The van der Waals surface area contributed by atoms with E-state index >= 15 is 0 Å². The highest BCUT2D eigenvalue weighted by Gasteiger charge is 2.10. The number of anilines is 1. The van der Waals surface area contributed by atoms with Crippen LogP contribution >= 0.6 is 0 Å². The van der Waals surface area contributed by atoms with Gasteiger partial charge in [-0.05, 0) is 36.4 Å². The number of benzene rings is 2. The predicted octanol–water partition coefficient (Wildman–Crippen LogP) is 3.56. The summed E-state index contributed by atoms with van der Waals surface area (Å²) in [6.45, 7) is 0. The standard InChI is InChI=1S/C16H11N3O2/c20-15(11-5-6-14-10(9-11)7-8-21-14)19-16-17-12-3-1-2-4-13(12)18-16/h1-9H,(H2,17,18,19,20). The van der Waals surface area contributed by atoms with Crippen molar-refractivity contribution in [3.8, 4) is 0 Å². The second-order valence-electron chi connectivity index (χ2n) is 4.73. The number of amides is 1. The van der Waals surface area contributed by atoms with Gasteiger partial charge in [0.25, 0.3) is 5.91 Å². The van der Waals surface area contributed by atoms with Gasteiger partial charge in [-0.25, -0.2) is 4.98 Å². The molecular formula is C16H11N3O2. The van der Waals surface area contributed by atoms with Crippen molar-refractivity contribution < 1.29 is 9.21 Å². The van der Waals surface area contributed by atoms with E-state index in [0.29, 0.717) is 11.5 Å². The molecule has 0 spiro atoms. The average Bonchev–Trinajstić information content (AvgIpc) is 3.11. The molecule has 5 nitrogen and oxygen atoms in total. The van der Waals surface area contributed by atoms with Gasteiger partial charge in [-0.1, -0.05) is 12.1 Å². The summed E-state index contributed by atoms with van der Waals surface area (Å²) in [5.41, 5.74) is 3.02. The number of aromatic nitrogens is 2. The van der Waals surface area contributed by atoms with Gasteiger partial charge in [0.2, 0.25) is 5.95 Å². The molecule has 0 fully saturated rings. The predicted molar refractivity (Wildman–Crippen MR) is 80.3 cm³/mol. The average molecular weight is 277 g/mol. The fourth-order valence-electron chi connectivity index (χ4n) is 2.30. The molecule has 4 aromatic rings. The number of fused-ring (bicyclic) bond motifs is 2. The van der Waals surface area contributed by atoms with Crippen molar-refractivity contribution in [1.82, 2.24) is 9.97 Å². The monoisotopic (exact) mass is 277 g/mol. The lowest BCUT2D eigenvalue weighted by Gasteiger charge is -2.01. The number of furan rings is 1. The van der Waals surface area contributed by atoms with Crippen molar-refractivity contribution in [2.45, 2.75) is 0 Å². The van der Waals surface area contributed by atoms with Crippen LogP contribution in [0.15, 0.2) is 59.2 Å². The van der Waals surface area contributed by atoms with E-state index < -0.39 is 0 Å². The number of imidazole rings is 1. The number of aromatic amines is 1. The Morgan fingerprint density at radius 1 is 1.14 bits per heavy atom. The van der Waals surface area contributed by atoms with Gasteiger partial charge in [0.05, 0.1) is 17.3 Å². The van der Waals surface area contributed by atoms with Gasteiger partial charge in [-0.15, -0.1) is 0 Å². The molecule has 0 saturated carbocycles. The second-order valence-corrected chi connectivity index (χ2v) is 4.73.